The number of ether oxygens (including phenoxy) is 1. The lowest BCUT2D eigenvalue weighted by Gasteiger charge is -2.19. The van der Waals surface area contributed by atoms with E-state index >= 15 is 0 Å². The molecule has 1 atom stereocenters. The molecule has 0 fully saturated rings. The number of hydrogen-bond donors (Lipinski definition) is 1. The van der Waals surface area contributed by atoms with Crippen LogP contribution in [0.1, 0.15) is 44.6 Å². The quantitative estimate of drug-likeness (QED) is 0.580. The fourth-order valence-electron chi connectivity index (χ4n) is 2.91. The van der Waals surface area contributed by atoms with Crippen LogP contribution in [0.4, 0.5) is 0 Å². The first kappa shape index (κ1) is 21.3. The first-order valence-electron chi connectivity index (χ1n) is 9.31. The van der Waals surface area contributed by atoms with Crippen LogP contribution < -0.4 is 4.90 Å². The first-order chi connectivity index (χ1) is 12.6. The summed E-state index contributed by atoms with van der Waals surface area (Å²) in [6, 6.07) is 8.78. The molecule has 7 heteroatoms. The van der Waals surface area contributed by atoms with Gasteiger partial charge in [0.25, 0.3) is 0 Å². The highest BCUT2D eigenvalue weighted by atomic mass is 32.1. The minimum Gasteiger partial charge on any atom is -0.466 e. The van der Waals surface area contributed by atoms with E-state index in [1.165, 1.54) is 16.0 Å². The van der Waals surface area contributed by atoms with Crippen molar-refractivity contribution < 1.29 is 14.4 Å². The standard InChI is InChI=1S/C20H30N4O2S/c1-7-26-18(25)12-17-21-24(19(27)23(17)6)14-22(5)13-15-8-10-16(11-9-15)20(2,3)4/h8-11H,7,12-14H2,1-6H3/p+1. The molecule has 27 heavy (non-hydrogen) atoms. The fourth-order valence-corrected chi connectivity index (χ4v) is 3.12. The molecule has 0 saturated carbocycles. The molecule has 1 heterocycles. The Morgan fingerprint density at radius 3 is 2.44 bits per heavy atom. The summed E-state index contributed by atoms with van der Waals surface area (Å²) in [6.07, 6.45) is 0.133. The van der Waals surface area contributed by atoms with Crippen LogP contribution in [0.2, 0.25) is 0 Å². The Morgan fingerprint density at radius 2 is 1.89 bits per heavy atom. The molecule has 1 unspecified atom stereocenters. The summed E-state index contributed by atoms with van der Waals surface area (Å²) in [7, 11) is 3.94. The van der Waals surface area contributed by atoms with Crippen LogP contribution in [-0.4, -0.2) is 34.0 Å². The van der Waals surface area contributed by atoms with Gasteiger partial charge in [-0.2, -0.15) is 9.78 Å². The minimum atomic E-state index is -0.285. The molecule has 0 aliphatic rings. The third kappa shape index (κ3) is 5.74. The van der Waals surface area contributed by atoms with E-state index in [0.29, 0.717) is 23.9 Å². The lowest BCUT2D eigenvalue weighted by Crippen LogP contribution is -3.07. The Labute approximate surface area is 166 Å². The first-order valence-corrected chi connectivity index (χ1v) is 9.71. The Morgan fingerprint density at radius 1 is 1.26 bits per heavy atom. The highest BCUT2D eigenvalue weighted by Crippen LogP contribution is 2.21. The van der Waals surface area contributed by atoms with Gasteiger partial charge in [0.1, 0.15) is 18.8 Å². The van der Waals surface area contributed by atoms with Crippen LogP contribution in [0, 0.1) is 4.77 Å². The van der Waals surface area contributed by atoms with E-state index in [2.05, 4.69) is 57.2 Å². The van der Waals surface area contributed by atoms with Gasteiger partial charge in [0.2, 0.25) is 4.77 Å². The van der Waals surface area contributed by atoms with Crippen LogP contribution in [0.5, 0.6) is 0 Å². The number of nitrogens with zero attached hydrogens (tertiary/aromatic N) is 3. The van der Waals surface area contributed by atoms with E-state index in [9.17, 15) is 4.79 Å². The number of carbonyl (C=O) groups is 1. The van der Waals surface area contributed by atoms with E-state index < -0.39 is 0 Å². The van der Waals surface area contributed by atoms with Crippen molar-refractivity contribution in [3.05, 3.63) is 46.0 Å². The molecule has 1 aromatic carbocycles. The molecule has 148 valence electrons. The number of aromatic nitrogens is 3. The lowest BCUT2D eigenvalue weighted by molar-refractivity contribution is -0.917. The van der Waals surface area contributed by atoms with Crippen LogP contribution in [0.25, 0.3) is 0 Å². The minimum absolute atomic E-state index is 0.133. The Bertz CT molecular complexity index is 831. The molecule has 0 amide bonds. The SMILES string of the molecule is CCOC(=O)Cc1nn(C[NH+](C)Cc2ccc(C(C)(C)C)cc2)c(=S)n1C. The Hall–Kier alpha value is -1.99. The molecule has 0 spiro atoms. The zero-order valence-corrected chi connectivity index (χ0v) is 18.0. The van der Waals surface area contributed by atoms with Crippen molar-refractivity contribution in [2.75, 3.05) is 13.7 Å². The van der Waals surface area contributed by atoms with Crippen molar-refractivity contribution in [2.45, 2.75) is 52.7 Å². The van der Waals surface area contributed by atoms with Gasteiger partial charge in [0.05, 0.1) is 13.7 Å². The number of quaternary nitrogens is 1. The maximum absolute atomic E-state index is 11.7. The molecule has 0 aliphatic carbocycles. The van der Waals surface area contributed by atoms with Gasteiger partial charge in [-0.05, 0) is 30.1 Å². The molecule has 6 nitrogen and oxygen atoms in total. The molecule has 0 bridgehead atoms. The predicted octanol–water partition coefficient (Wildman–Crippen LogP) is 2.03. The topological polar surface area (TPSA) is 53.5 Å². The maximum Gasteiger partial charge on any atom is 0.313 e. The zero-order valence-electron chi connectivity index (χ0n) is 17.2. The van der Waals surface area contributed by atoms with Crippen molar-refractivity contribution in [1.29, 1.82) is 0 Å². The van der Waals surface area contributed by atoms with Gasteiger partial charge >= 0.3 is 5.97 Å². The monoisotopic (exact) mass is 391 g/mol. The van der Waals surface area contributed by atoms with Crippen LogP contribution in [-0.2, 0) is 41.6 Å². The van der Waals surface area contributed by atoms with Gasteiger partial charge in [-0.3, -0.25) is 4.79 Å². The van der Waals surface area contributed by atoms with Gasteiger partial charge in [-0.15, -0.1) is 0 Å². The Balaban J connectivity index is 2.04. The third-order valence-corrected chi connectivity index (χ3v) is 4.97. The zero-order chi connectivity index (χ0) is 20.2. The second-order valence-corrected chi connectivity index (χ2v) is 8.34. The van der Waals surface area contributed by atoms with Gasteiger partial charge in [0, 0.05) is 12.6 Å². The van der Waals surface area contributed by atoms with Gasteiger partial charge in [-0.25, -0.2) is 0 Å². The van der Waals surface area contributed by atoms with Crippen molar-refractivity contribution >= 4 is 18.2 Å². The number of benzene rings is 1. The normalized spacial score (nSPS) is 12.8. The molecule has 0 aliphatic heterocycles. The van der Waals surface area contributed by atoms with E-state index in [4.69, 9.17) is 17.0 Å². The third-order valence-electron chi connectivity index (χ3n) is 4.48. The second kappa shape index (κ2) is 8.80. The summed E-state index contributed by atoms with van der Waals surface area (Å²) in [5.74, 6) is 0.341. The molecule has 2 aromatic rings. The number of carbonyl (C=O) groups excluding carboxylic acids is 1. The summed E-state index contributed by atoms with van der Waals surface area (Å²) in [5, 5.41) is 4.51. The van der Waals surface area contributed by atoms with Crippen LogP contribution in [0.15, 0.2) is 24.3 Å². The fraction of sp³-hybridized carbons (Fsp3) is 0.550. The average Bonchev–Trinajstić information content (AvgIpc) is 2.82. The van der Waals surface area contributed by atoms with Gasteiger partial charge in [-0.1, -0.05) is 45.0 Å². The highest BCUT2D eigenvalue weighted by molar-refractivity contribution is 7.71. The van der Waals surface area contributed by atoms with Crippen LogP contribution in [0.3, 0.4) is 0 Å². The highest BCUT2D eigenvalue weighted by Gasteiger charge is 2.16. The van der Waals surface area contributed by atoms with Gasteiger partial charge in [0.15, 0.2) is 6.67 Å². The maximum atomic E-state index is 11.7. The summed E-state index contributed by atoms with van der Waals surface area (Å²) in [5.41, 5.74) is 2.77. The molecule has 2 rings (SSSR count). The summed E-state index contributed by atoms with van der Waals surface area (Å²) < 4.78 is 9.17. The molecular weight excluding hydrogens is 360 g/mol. The average molecular weight is 392 g/mol. The van der Waals surface area contributed by atoms with Crippen molar-refractivity contribution in [2.24, 2.45) is 7.05 Å². The van der Waals surface area contributed by atoms with Crippen LogP contribution >= 0.6 is 12.2 Å². The molecule has 1 aromatic heterocycles. The smallest absolute Gasteiger partial charge is 0.313 e. The summed E-state index contributed by atoms with van der Waals surface area (Å²) in [4.78, 5) is 13.0. The number of esters is 1. The molecule has 1 N–H and O–H groups in total. The van der Waals surface area contributed by atoms with Gasteiger partial charge < -0.3 is 14.2 Å². The molecule has 0 radical (unpaired) electrons. The molecule has 0 saturated heterocycles. The van der Waals surface area contributed by atoms with E-state index in [1.54, 1.807) is 16.2 Å². The van der Waals surface area contributed by atoms with Crippen molar-refractivity contribution in [3.8, 4) is 0 Å². The largest absolute Gasteiger partial charge is 0.466 e. The number of rotatable bonds is 7. The number of hydrogen-bond acceptors (Lipinski definition) is 4. The van der Waals surface area contributed by atoms with Crippen molar-refractivity contribution in [1.82, 2.24) is 14.3 Å². The predicted molar refractivity (Wildman–Crippen MR) is 108 cm³/mol. The van der Waals surface area contributed by atoms with E-state index in [1.807, 2.05) is 7.05 Å². The Kier molecular flexibility index (Phi) is 6.95. The summed E-state index contributed by atoms with van der Waals surface area (Å²) >= 11 is 5.47. The van der Waals surface area contributed by atoms with E-state index in [-0.39, 0.29) is 17.8 Å². The van der Waals surface area contributed by atoms with Crippen molar-refractivity contribution in [3.63, 3.8) is 0 Å². The molecular formula is C20H31N4O2S+. The number of nitrogens with one attached hydrogen (secondary N) is 1. The lowest BCUT2D eigenvalue weighted by atomic mass is 9.87. The second-order valence-electron chi connectivity index (χ2n) is 7.98. The summed E-state index contributed by atoms with van der Waals surface area (Å²) in [6.45, 7) is 10.3. The van der Waals surface area contributed by atoms with E-state index in [0.717, 1.165) is 6.54 Å².